The van der Waals surface area contributed by atoms with Crippen LogP contribution in [0.15, 0.2) is 54.6 Å². The lowest BCUT2D eigenvalue weighted by atomic mass is 9.98. The van der Waals surface area contributed by atoms with Crippen LogP contribution in [0.1, 0.15) is 17.2 Å². The first kappa shape index (κ1) is 14.1. The van der Waals surface area contributed by atoms with Crippen LogP contribution in [0.2, 0.25) is 0 Å². The predicted octanol–water partition coefficient (Wildman–Crippen LogP) is 1.75. The second-order valence-corrected chi connectivity index (χ2v) is 4.61. The van der Waals surface area contributed by atoms with E-state index >= 15 is 0 Å². The molecular formula is C16H18N2O2. The van der Waals surface area contributed by atoms with Crippen molar-refractivity contribution < 1.29 is 9.90 Å². The summed E-state index contributed by atoms with van der Waals surface area (Å²) in [6.07, 6.45) is 0.678. The summed E-state index contributed by atoms with van der Waals surface area (Å²) in [7, 11) is 0. The Kier molecular flexibility index (Phi) is 4.74. The van der Waals surface area contributed by atoms with Gasteiger partial charge in [0.2, 0.25) is 5.91 Å². The average Bonchev–Trinajstić information content (AvgIpc) is 2.48. The van der Waals surface area contributed by atoms with Crippen molar-refractivity contribution in [1.82, 2.24) is 5.32 Å². The summed E-state index contributed by atoms with van der Waals surface area (Å²) in [5.74, 6) is 0.0105. The first-order chi connectivity index (χ1) is 9.69. The Balaban J connectivity index is 2.20. The number of amides is 1. The second kappa shape index (κ2) is 6.73. The molecule has 0 aliphatic carbocycles. The molecule has 0 aliphatic rings. The Morgan fingerprint density at radius 3 is 2.35 bits per heavy atom. The van der Waals surface area contributed by atoms with Gasteiger partial charge in [-0.3, -0.25) is 4.79 Å². The van der Waals surface area contributed by atoms with E-state index < -0.39 is 0 Å². The number of carbonyl (C=O) groups is 1. The van der Waals surface area contributed by atoms with Gasteiger partial charge in [0.25, 0.3) is 0 Å². The van der Waals surface area contributed by atoms with Gasteiger partial charge in [-0.15, -0.1) is 0 Å². The highest BCUT2D eigenvalue weighted by atomic mass is 16.3. The van der Waals surface area contributed by atoms with Gasteiger partial charge >= 0.3 is 0 Å². The van der Waals surface area contributed by atoms with Crippen LogP contribution < -0.4 is 11.1 Å². The summed E-state index contributed by atoms with van der Waals surface area (Å²) in [4.78, 5) is 11.6. The Morgan fingerprint density at radius 1 is 1.10 bits per heavy atom. The number of nitrogens with one attached hydrogen (secondary N) is 1. The van der Waals surface area contributed by atoms with Crippen LogP contribution in [0.3, 0.4) is 0 Å². The molecule has 4 N–H and O–H groups in total. The molecule has 1 amide bonds. The van der Waals surface area contributed by atoms with Crippen molar-refractivity contribution in [3.8, 4) is 5.75 Å². The maximum absolute atomic E-state index is 11.6. The first-order valence-electron chi connectivity index (χ1n) is 6.51. The summed E-state index contributed by atoms with van der Waals surface area (Å²) in [5, 5.41) is 12.3. The number of rotatable bonds is 5. The minimum Gasteiger partial charge on any atom is -0.508 e. The standard InChI is InChI=1S/C16H18N2O2/c17-11-16(20)18-15(10-12-4-2-1-3-5-12)13-6-8-14(19)9-7-13/h1-9,15,19H,10-11,17H2,(H,18,20). The lowest BCUT2D eigenvalue weighted by molar-refractivity contribution is -0.120. The molecule has 0 spiro atoms. The number of benzene rings is 2. The summed E-state index contributed by atoms with van der Waals surface area (Å²) in [6, 6.07) is 16.6. The molecule has 1 unspecified atom stereocenters. The fraction of sp³-hybridized carbons (Fsp3) is 0.188. The summed E-state index contributed by atoms with van der Waals surface area (Å²) in [5.41, 5.74) is 7.43. The molecule has 4 heteroatoms. The summed E-state index contributed by atoms with van der Waals surface area (Å²) in [6.45, 7) is -0.0383. The van der Waals surface area contributed by atoms with E-state index in [2.05, 4.69) is 5.32 Å². The molecular weight excluding hydrogens is 252 g/mol. The molecule has 2 aromatic rings. The molecule has 104 valence electrons. The molecule has 20 heavy (non-hydrogen) atoms. The van der Waals surface area contributed by atoms with Crippen molar-refractivity contribution in [1.29, 1.82) is 0 Å². The minimum atomic E-state index is -0.195. The van der Waals surface area contributed by atoms with Crippen molar-refractivity contribution >= 4 is 5.91 Å². The Bertz CT molecular complexity index is 552. The molecule has 0 aliphatic heterocycles. The molecule has 0 heterocycles. The Morgan fingerprint density at radius 2 is 1.75 bits per heavy atom. The molecule has 0 radical (unpaired) electrons. The molecule has 0 saturated carbocycles. The lowest BCUT2D eigenvalue weighted by Gasteiger charge is -2.19. The highest BCUT2D eigenvalue weighted by molar-refractivity contribution is 5.78. The molecule has 0 saturated heterocycles. The molecule has 4 nitrogen and oxygen atoms in total. The number of hydrogen-bond acceptors (Lipinski definition) is 3. The normalized spacial score (nSPS) is 11.8. The monoisotopic (exact) mass is 270 g/mol. The van der Waals surface area contributed by atoms with Crippen molar-refractivity contribution in [2.45, 2.75) is 12.5 Å². The van der Waals surface area contributed by atoms with E-state index in [0.717, 1.165) is 11.1 Å². The van der Waals surface area contributed by atoms with Gasteiger partial charge in [-0.2, -0.15) is 0 Å². The molecule has 2 rings (SSSR count). The van der Waals surface area contributed by atoms with Gasteiger partial charge in [-0.1, -0.05) is 42.5 Å². The number of phenolic OH excluding ortho intramolecular Hbond substituents is 1. The third-order valence-electron chi connectivity index (χ3n) is 3.10. The van der Waals surface area contributed by atoms with Crippen LogP contribution in [-0.4, -0.2) is 17.6 Å². The predicted molar refractivity (Wildman–Crippen MR) is 78.2 cm³/mol. The van der Waals surface area contributed by atoms with Crippen molar-refractivity contribution in [2.75, 3.05) is 6.54 Å². The zero-order chi connectivity index (χ0) is 14.4. The topological polar surface area (TPSA) is 75.4 Å². The highest BCUT2D eigenvalue weighted by Crippen LogP contribution is 2.20. The van der Waals surface area contributed by atoms with Gasteiger partial charge in [0.1, 0.15) is 5.75 Å². The van der Waals surface area contributed by atoms with Crippen molar-refractivity contribution in [3.05, 3.63) is 65.7 Å². The minimum absolute atomic E-state index is 0.0383. The third-order valence-corrected chi connectivity index (χ3v) is 3.10. The van der Waals surface area contributed by atoms with Crippen molar-refractivity contribution in [3.63, 3.8) is 0 Å². The maximum Gasteiger partial charge on any atom is 0.234 e. The van der Waals surface area contributed by atoms with E-state index in [9.17, 15) is 9.90 Å². The summed E-state index contributed by atoms with van der Waals surface area (Å²) < 4.78 is 0. The van der Waals surface area contributed by atoms with Crippen LogP contribution in [0, 0.1) is 0 Å². The second-order valence-electron chi connectivity index (χ2n) is 4.61. The molecule has 0 fully saturated rings. The largest absolute Gasteiger partial charge is 0.508 e. The maximum atomic E-state index is 11.6. The number of phenols is 1. The average molecular weight is 270 g/mol. The highest BCUT2D eigenvalue weighted by Gasteiger charge is 2.14. The number of aromatic hydroxyl groups is 1. The van der Waals surface area contributed by atoms with Gasteiger partial charge in [0, 0.05) is 0 Å². The van der Waals surface area contributed by atoms with Gasteiger partial charge in [0.05, 0.1) is 12.6 Å². The molecule has 0 bridgehead atoms. The number of carbonyl (C=O) groups excluding carboxylic acids is 1. The van der Waals surface area contributed by atoms with E-state index in [1.807, 2.05) is 30.3 Å². The molecule has 2 aromatic carbocycles. The van der Waals surface area contributed by atoms with Gasteiger partial charge in [-0.25, -0.2) is 0 Å². The number of hydrogen-bond donors (Lipinski definition) is 3. The van der Waals surface area contributed by atoms with Crippen LogP contribution in [0.25, 0.3) is 0 Å². The Hall–Kier alpha value is -2.33. The van der Waals surface area contributed by atoms with E-state index in [4.69, 9.17) is 5.73 Å². The van der Waals surface area contributed by atoms with Crippen LogP contribution in [-0.2, 0) is 11.2 Å². The SMILES string of the molecule is NCC(=O)NC(Cc1ccccc1)c1ccc(O)cc1. The van der Waals surface area contributed by atoms with E-state index in [1.165, 1.54) is 0 Å². The van der Waals surface area contributed by atoms with E-state index in [1.54, 1.807) is 24.3 Å². The van der Waals surface area contributed by atoms with Crippen LogP contribution in [0.5, 0.6) is 5.75 Å². The summed E-state index contributed by atoms with van der Waals surface area (Å²) >= 11 is 0. The molecule has 1 atom stereocenters. The van der Waals surface area contributed by atoms with Gasteiger partial charge in [0.15, 0.2) is 0 Å². The fourth-order valence-electron chi connectivity index (χ4n) is 2.06. The first-order valence-corrected chi connectivity index (χ1v) is 6.51. The smallest absolute Gasteiger partial charge is 0.234 e. The quantitative estimate of drug-likeness (QED) is 0.774. The fourth-order valence-corrected chi connectivity index (χ4v) is 2.06. The van der Waals surface area contributed by atoms with Crippen LogP contribution in [0.4, 0.5) is 0 Å². The Labute approximate surface area is 118 Å². The van der Waals surface area contributed by atoms with Gasteiger partial charge in [-0.05, 0) is 29.7 Å². The third kappa shape index (κ3) is 3.83. The van der Waals surface area contributed by atoms with Crippen molar-refractivity contribution in [2.24, 2.45) is 5.73 Å². The van der Waals surface area contributed by atoms with Gasteiger partial charge < -0.3 is 16.2 Å². The van der Waals surface area contributed by atoms with E-state index in [-0.39, 0.29) is 24.2 Å². The number of nitrogens with two attached hydrogens (primary N) is 1. The lowest BCUT2D eigenvalue weighted by Crippen LogP contribution is -2.34. The zero-order valence-electron chi connectivity index (χ0n) is 11.1. The van der Waals surface area contributed by atoms with E-state index in [0.29, 0.717) is 6.42 Å². The molecule has 0 aromatic heterocycles. The zero-order valence-corrected chi connectivity index (χ0v) is 11.1. The van der Waals surface area contributed by atoms with Crippen LogP contribution >= 0.6 is 0 Å².